The van der Waals surface area contributed by atoms with Crippen molar-refractivity contribution >= 4 is 28.0 Å². The van der Waals surface area contributed by atoms with Gasteiger partial charge in [-0.05, 0) is 42.9 Å². The summed E-state index contributed by atoms with van der Waals surface area (Å²) >= 11 is 3.38. The third kappa shape index (κ3) is 3.72. The van der Waals surface area contributed by atoms with E-state index in [0.717, 1.165) is 4.47 Å². The smallest absolute Gasteiger partial charge is 0.407 e. The Morgan fingerprint density at radius 1 is 1.26 bits per heavy atom. The maximum Gasteiger partial charge on any atom is 0.407 e. The van der Waals surface area contributed by atoms with Crippen LogP contribution in [0.3, 0.4) is 0 Å². The predicted molar refractivity (Wildman–Crippen MR) is 105 cm³/mol. The normalized spacial score (nSPS) is 22.4. The minimum absolute atomic E-state index is 0.195. The Morgan fingerprint density at radius 2 is 1.85 bits per heavy atom. The minimum atomic E-state index is -1.73. The topological polar surface area (TPSA) is 87.1 Å². The molecule has 2 N–H and O–H groups in total. The van der Waals surface area contributed by atoms with Crippen molar-refractivity contribution in [2.24, 2.45) is 5.41 Å². The van der Waals surface area contributed by atoms with Crippen LogP contribution in [0.25, 0.3) is 0 Å². The van der Waals surface area contributed by atoms with Crippen molar-refractivity contribution < 1.29 is 24.5 Å². The molecular weight excluding hydrogens is 414 g/mol. The largest absolute Gasteiger partial charge is 0.466 e. The molecule has 1 saturated heterocycles. The van der Waals surface area contributed by atoms with Crippen molar-refractivity contribution in [1.82, 2.24) is 4.90 Å². The summed E-state index contributed by atoms with van der Waals surface area (Å²) in [5.74, 6) is -0.552. The first-order valence-corrected chi connectivity index (χ1v) is 9.93. The Labute approximate surface area is 168 Å². The lowest BCUT2D eigenvalue weighted by Crippen LogP contribution is -2.67. The third-order valence-electron chi connectivity index (χ3n) is 5.56. The summed E-state index contributed by atoms with van der Waals surface area (Å²) in [6.07, 6.45) is -0.342. The van der Waals surface area contributed by atoms with E-state index in [9.17, 15) is 19.8 Å². The fraction of sp³-hybridized carbons (Fsp3) is 0.600. The number of carboxylic acid groups (broad SMARTS) is 1. The Bertz CT molecular complexity index is 699. The molecule has 2 unspecified atom stereocenters. The van der Waals surface area contributed by atoms with Crippen LogP contribution in [-0.4, -0.2) is 45.9 Å². The Kier molecular flexibility index (Phi) is 6.26. The van der Waals surface area contributed by atoms with Crippen molar-refractivity contribution in [2.75, 3.05) is 13.2 Å². The average molecular weight is 442 g/mol. The summed E-state index contributed by atoms with van der Waals surface area (Å²) in [7, 11) is 0. The molecule has 0 saturated carbocycles. The zero-order chi connectivity index (χ0) is 20.5. The zero-order valence-corrected chi connectivity index (χ0v) is 17.9. The molecule has 1 amide bonds. The highest BCUT2D eigenvalue weighted by Crippen LogP contribution is 2.55. The van der Waals surface area contributed by atoms with Crippen LogP contribution in [0.4, 0.5) is 4.79 Å². The van der Waals surface area contributed by atoms with E-state index in [-0.39, 0.29) is 13.0 Å². The molecule has 150 valence electrons. The monoisotopic (exact) mass is 441 g/mol. The minimum Gasteiger partial charge on any atom is -0.466 e. The van der Waals surface area contributed by atoms with E-state index in [1.165, 1.54) is 4.90 Å². The van der Waals surface area contributed by atoms with Gasteiger partial charge in [0.2, 0.25) is 0 Å². The number of amides is 1. The van der Waals surface area contributed by atoms with Gasteiger partial charge in [0.05, 0.1) is 18.6 Å². The van der Waals surface area contributed by atoms with Gasteiger partial charge in [0.1, 0.15) is 5.60 Å². The van der Waals surface area contributed by atoms with Crippen molar-refractivity contribution in [2.45, 2.75) is 58.1 Å². The van der Waals surface area contributed by atoms with Gasteiger partial charge in [-0.1, -0.05) is 48.8 Å². The van der Waals surface area contributed by atoms with E-state index in [2.05, 4.69) is 15.9 Å². The molecule has 0 bridgehead atoms. The number of aliphatic hydroxyl groups is 1. The second-order valence-electron chi connectivity index (χ2n) is 8.00. The number of esters is 1. The molecule has 1 aliphatic heterocycles. The molecule has 1 aromatic carbocycles. The highest BCUT2D eigenvalue weighted by atomic mass is 79.9. The molecule has 1 heterocycles. The molecule has 1 aromatic rings. The molecule has 7 heteroatoms. The van der Waals surface area contributed by atoms with Crippen molar-refractivity contribution in [3.63, 3.8) is 0 Å². The van der Waals surface area contributed by atoms with Gasteiger partial charge in [-0.3, -0.25) is 9.69 Å². The van der Waals surface area contributed by atoms with Gasteiger partial charge < -0.3 is 14.9 Å². The summed E-state index contributed by atoms with van der Waals surface area (Å²) in [6, 6.07) is 7.02. The number of hydrogen-bond donors (Lipinski definition) is 2. The van der Waals surface area contributed by atoms with Crippen LogP contribution in [0, 0.1) is 5.41 Å². The number of hydrogen-bond acceptors (Lipinski definition) is 4. The molecule has 1 aliphatic rings. The maximum atomic E-state index is 12.4. The summed E-state index contributed by atoms with van der Waals surface area (Å²) in [5.41, 5.74) is -3.03. The fourth-order valence-electron chi connectivity index (χ4n) is 4.54. The van der Waals surface area contributed by atoms with E-state index in [1.807, 2.05) is 20.8 Å². The van der Waals surface area contributed by atoms with E-state index in [0.29, 0.717) is 24.9 Å². The Hall–Kier alpha value is -1.60. The lowest BCUT2D eigenvalue weighted by Gasteiger charge is -2.56. The first kappa shape index (κ1) is 21.7. The summed E-state index contributed by atoms with van der Waals surface area (Å²) in [4.78, 5) is 25.9. The predicted octanol–water partition coefficient (Wildman–Crippen LogP) is 4.15. The van der Waals surface area contributed by atoms with E-state index in [1.54, 1.807) is 31.2 Å². The quantitative estimate of drug-likeness (QED) is 0.670. The molecule has 6 nitrogen and oxygen atoms in total. The van der Waals surface area contributed by atoms with Crippen LogP contribution >= 0.6 is 15.9 Å². The number of carbonyl (C=O) groups excluding carboxylic acids is 1. The van der Waals surface area contributed by atoms with Crippen molar-refractivity contribution in [1.29, 1.82) is 0 Å². The summed E-state index contributed by atoms with van der Waals surface area (Å²) in [5, 5.41) is 21.9. The first-order chi connectivity index (χ1) is 12.5. The first-order valence-electron chi connectivity index (χ1n) is 9.14. The number of halogens is 1. The second-order valence-corrected chi connectivity index (χ2v) is 8.91. The lowest BCUT2D eigenvalue weighted by molar-refractivity contribution is -0.173. The molecule has 0 aliphatic carbocycles. The van der Waals surface area contributed by atoms with Crippen LogP contribution in [0.2, 0.25) is 0 Å². The van der Waals surface area contributed by atoms with E-state index < -0.39 is 28.6 Å². The molecule has 2 rings (SSSR count). The van der Waals surface area contributed by atoms with Crippen LogP contribution in [-0.2, 0) is 15.1 Å². The van der Waals surface area contributed by atoms with Gasteiger partial charge in [0.25, 0.3) is 0 Å². The van der Waals surface area contributed by atoms with Crippen LogP contribution in [0.15, 0.2) is 28.7 Å². The molecular formula is C20H28BrNO5. The summed E-state index contributed by atoms with van der Waals surface area (Å²) in [6.45, 7) is 7.93. The standard InChI is InChI=1S/C20H28BrNO5/c1-5-27-16(23)13-19(26,14-7-9-15(21)10-8-14)20(18(2,3)4)11-6-12-22(20)17(24)25/h7-10,26H,5-6,11-13H2,1-4H3,(H,24,25). The van der Waals surface area contributed by atoms with Gasteiger partial charge in [0.15, 0.2) is 0 Å². The molecule has 0 spiro atoms. The average Bonchev–Trinajstić information content (AvgIpc) is 3.02. The number of benzene rings is 1. The molecule has 2 atom stereocenters. The van der Waals surface area contributed by atoms with E-state index in [4.69, 9.17) is 4.74 Å². The van der Waals surface area contributed by atoms with Crippen molar-refractivity contribution in [3.05, 3.63) is 34.3 Å². The van der Waals surface area contributed by atoms with E-state index >= 15 is 0 Å². The molecule has 27 heavy (non-hydrogen) atoms. The van der Waals surface area contributed by atoms with Gasteiger partial charge in [-0.15, -0.1) is 0 Å². The van der Waals surface area contributed by atoms with Gasteiger partial charge >= 0.3 is 12.1 Å². The fourth-order valence-corrected chi connectivity index (χ4v) is 4.81. The molecule has 0 aromatic heterocycles. The SMILES string of the molecule is CCOC(=O)CC(O)(c1ccc(Br)cc1)C1(C(C)(C)C)CCCN1C(=O)O. The zero-order valence-electron chi connectivity index (χ0n) is 16.3. The second kappa shape index (κ2) is 7.80. The number of ether oxygens (including phenoxy) is 1. The van der Waals surface area contributed by atoms with Gasteiger partial charge in [-0.2, -0.15) is 0 Å². The number of carbonyl (C=O) groups is 2. The Balaban J connectivity index is 2.73. The van der Waals surface area contributed by atoms with Crippen LogP contribution < -0.4 is 0 Å². The highest BCUT2D eigenvalue weighted by Gasteiger charge is 2.65. The lowest BCUT2D eigenvalue weighted by atomic mass is 9.59. The Morgan fingerprint density at radius 3 is 2.33 bits per heavy atom. The molecule has 0 radical (unpaired) electrons. The summed E-state index contributed by atoms with van der Waals surface area (Å²) < 4.78 is 5.95. The van der Waals surface area contributed by atoms with Gasteiger partial charge in [0, 0.05) is 11.0 Å². The highest BCUT2D eigenvalue weighted by molar-refractivity contribution is 9.10. The number of nitrogens with zero attached hydrogens (tertiary/aromatic N) is 1. The number of likely N-dealkylation sites (tertiary alicyclic amines) is 1. The van der Waals surface area contributed by atoms with Crippen LogP contribution in [0.1, 0.15) is 52.5 Å². The third-order valence-corrected chi connectivity index (χ3v) is 6.09. The van der Waals surface area contributed by atoms with Crippen LogP contribution in [0.5, 0.6) is 0 Å². The maximum absolute atomic E-state index is 12.4. The van der Waals surface area contributed by atoms with Gasteiger partial charge in [-0.25, -0.2) is 4.79 Å². The van der Waals surface area contributed by atoms with Crippen molar-refractivity contribution in [3.8, 4) is 0 Å². The molecule has 1 fully saturated rings. The number of rotatable bonds is 5.